The number of nitrogens with zero attached hydrogens (tertiary/aromatic N) is 1. The molecule has 19 heavy (non-hydrogen) atoms. The zero-order chi connectivity index (χ0) is 13.1. The lowest BCUT2D eigenvalue weighted by Crippen LogP contribution is -2.25. The van der Waals surface area contributed by atoms with Crippen molar-refractivity contribution in [3.63, 3.8) is 0 Å². The van der Waals surface area contributed by atoms with E-state index in [0.29, 0.717) is 0 Å². The lowest BCUT2D eigenvalue weighted by atomic mass is 10.1. The van der Waals surface area contributed by atoms with E-state index in [0.717, 1.165) is 24.8 Å². The molecule has 1 saturated carbocycles. The smallest absolute Gasteiger partial charge is 0.0359 e. The first kappa shape index (κ1) is 12.2. The molecule has 1 fully saturated rings. The molecule has 0 saturated heterocycles. The number of rotatable bonds is 5. The maximum atomic E-state index is 6.06. The van der Waals surface area contributed by atoms with Crippen molar-refractivity contribution in [3.8, 4) is 0 Å². The van der Waals surface area contributed by atoms with E-state index in [1.54, 1.807) is 0 Å². The fourth-order valence-electron chi connectivity index (χ4n) is 2.47. The molecule has 1 aliphatic rings. The van der Waals surface area contributed by atoms with Crippen LogP contribution in [0.2, 0.25) is 0 Å². The van der Waals surface area contributed by atoms with Crippen molar-refractivity contribution in [2.45, 2.75) is 32.0 Å². The molecule has 2 aromatic carbocycles. The molecule has 0 bridgehead atoms. The van der Waals surface area contributed by atoms with Crippen LogP contribution in [0.3, 0.4) is 0 Å². The van der Waals surface area contributed by atoms with E-state index in [1.807, 2.05) is 12.1 Å². The van der Waals surface area contributed by atoms with Gasteiger partial charge in [-0.05, 0) is 30.0 Å². The third kappa shape index (κ3) is 3.15. The van der Waals surface area contributed by atoms with Crippen LogP contribution < -0.4 is 5.73 Å². The Kier molecular flexibility index (Phi) is 3.51. The Morgan fingerprint density at radius 2 is 1.58 bits per heavy atom. The van der Waals surface area contributed by atoms with E-state index in [1.165, 1.54) is 24.0 Å². The highest BCUT2D eigenvalue weighted by Gasteiger charge is 2.29. The number of hydrogen-bond acceptors (Lipinski definition) is 2. The number of anilines is 1. The van der Waals surface area contributed by atoms with Gasteiger partial charge in [-0.1, -0.05) is 48.5 Å². The molecule has 0 atom stereocenters. The van der Waals surface area contributed by atoms with Crippen LogP contribution in [-0.2, 0) is 13.1 Å². The molecule has 2 N–H and O–H groups in total. The standard InChI is InChI=1S/C17H20N2/c18-17-9-5-4-8-15(17)13-19(16-10-11-16)12-14-6-2-1-3-7-14/h1-9,16H,10-13,18H2. The summed E-state index contributed by atoms with van der Waals surface area (Å²) in [5, 5.41) is 0. The molecule has 0 unspecified atom stereocenters. The summed E-state index contributed by atoms with van der Waals surface area (Å²) in [5.41, 5.74) is 9.58. The summed E-state index contributed by atoms with van der Waals surface area (Å²) in [4.78, 5) is 2.54. The Bertz CT molecular complexity index is 532. The molecule has 0 amide bonds. The molecule has 2 heteroatoms. The van der Waals surface area contributed by atoms with E-state index in [9.17, 15) is 0 Å². The Hall–Kier alpha value is -1.80. The first-order valence-electron chi connectivity index (χ1n) is 6.94. The Morgan fingerprint density at radius 1 is 0.895 bits per heavy atom. The topological polar surface area (TPSA) is 29.3 Å². The van der Waals surface area contributed by atoms with E-state index in [2.05, 4.69) is 47.4 Å². The maximum absolute atomic E-state index is 6.06. The van der Waals surface area contributed by atoms with Crippen LogP contribution in [0.4, 0.5) is 5.69 Å². The van der Waals surface area contributed by atoms with Gasteiger partial charge in [0.25, 0.3) is 0 Å². The fourth-order valence-corrected chi connectivity index (χ4v) is 2.47. The predicted molar refractivity (Wildman–Crippen MR) is 79.6 cm³/mol. The molecule has 0 aliphatic heterocycles. The second-order valence-electron chi connectivity index (χ2n) is 5.32. The minimum Gasteiger partial charge on any atom is -0.398 e. The average Bonchev–Trinajstić information content (AvgIpc) is 3.26. The Balaban J connectivity index is 1.73. The minimum absolute atomic E-state index is 0.736. The lowest BCUT2D eigenvalue weighted by Gasteiger charge is -2.23. The largest absolute Gasteiger partial charge is 0.398 e. The first-order valence-corrected chi connectivity index (χ1v) is 6.94. The Morgan fingerprint density at radius 3 is 2.26 bits per heavy atom. The van der Waals surface area contributed by atoms with Gasteiger partial charge in [-0.15, -0.1) is 0 Å². The summed E-state index contributed by atoms with van der Waals surface area (Å²) in [5.74, 6) is 0. The van der Waals surface area contributed by atoms with Gasteiger partial charge in [0.15, 0.2) is 0 Å². The van der Waals surface area contributed by atoms with Gasteiger partial charge in [0.05, 0.1) is 0 Å². The summed E-state index contributed by atoms with van der Waals surface area (Å²) in [6.07, 6.45) is 2.64. The summed E-state index contributed by atoms with van der Waals surface area (Å²) >= 11 is 0. The highest BCUT2D eigenvalue weighted by Crippen LogP contribution is 2.30. The van der Waals surface area contributed by atoms with Crippen LogP contribution in [0.1, 0.15) is 24.0 Å². The number of nitrogen functional groups attached to an aromatic ring is 1. The zero-order valence-corrected chi connectivity index (χ0v) is 11.1. The van der Waals surface area contributed by atoms with E-state index in [4.69, 9.17) is 5.73 Å². The molecule has 0 heterocycles. The average molecular weight is 252 g/mol. The van der Waals surface area contributed by atoms with Gasteiger partial charge in [0.2, 0.25) is 0 Å². The van der Waals surface area contributed by atoms with E-state index < -0.39 is 0 Å². The summed E-state index contributed by atoms with van der Waals surface area (Å²) in [7, 11) is 0. The second-order valence-corrected chi connectivity index (χ2v) is 5.32. The van der Waals surface area contributed by atoms with Crippen molar-refractivity contribution in [1.29, 1.82) is 0 Å². The number of hydrogen-bond donors (Lipinski definition) is 1. The highest BCUT2D eigenvalue weighted by atomic mass is 15.2. The summed E-state index contributed by atoms with van der Waals surface area (Å²) < 4.78 is 0. The van der Waals surface area contributed by atoms with Gasteiger partial charge in [-0.25, -0.2) is 0 Å². The SMILES string of the molecule is Nc1ccccc1CN(Cc1ccccc1)C1CC1. The molecule has 1 aliphatic carbocycles. The highest BCUT2D eigenvalue weighted by molar-refractivity contribution is 5.46. The summed E-state index contributed by atoms with van der Waals surface area (Å²) in [6.45, 7) is 1.96. The Labute approximate surface area is 114 Å². The van der Waals surface area contributed by atoms with Gasteiger partial charge < -0.3 is 5.73 Å². The second kappa shape index (κ2) is 5.45. The number of nitrogens with two attached hydrogens (primary N) is 1. The molecule has 98 valence electrons. The zero-order valence-electron chi connectivity index (χ0n) is 11.1. The molecule has 2 aromatic rings. The van der Waals surface area contributed by atoms with Crippen molar-refractivity contribution in [3.05, 3.63) is 65.7 Å². The van der Waals surface area contributed by atoms with Crippen LogP contribution >= 0.6 is 0 Å². The van der Waals surface area contributed by atoms with Crippen LogP contribution in [0, 0.1) is 0 Å². The predicted octanol–water partition coefficient (Wildman–Crippen LogP) is 3.43. The van der Waals surface area contributed by atoms with Crippen molar-refractivity contribution in [1.82, 2.24) is 4.90 Å². The van der Waals surface area contributed by atoms with Gasteiger partial charge in [0.1, 0.15) is 0 Å². The fraction of sp³-hybridized carbons (Fsp3) is 0.294. The van der Waals surface area contributed by atoms with E-state index in [-0.39, 0.29) is 0 Å². The normalized spacial score (nSPS) is 14.8. The van der Waals surface area contributed by atoms with Gasteiger partial charge in [-0.3, -0.25) is 4.90 Å². The molecular formula is C17H20N2. The summed E-state index contributed by atoms with van der Waals surface area (Å²) in [6, 6.07) is 19.6. The third-order valence-corrected chi connectivity index (χ3v) is 3.72. The van der Waals surface area contributed by atoms with Gasteiger partial charge in [-0.2, -0.15) is 0 Å². The number of para-hydroxylation sites is 1. The van der Waals surface area contributed by atoms with Crippen molar-refractivity contribution < 1.29 is 0 Å². The molecule has 2 nitrogen and oxygen atoms in total. The monoisotopic (exact) mass is 252 g/mol. The molecule has 0 spiro atoms. The lowest BCUT2D eigenvalue weighted by molar-refractivity contribution is 0.246. The molecule has 3 rings (SSSR count). The maximum Gasteiger partial charge on any atom is 0.0359 e. The van der Waals surface area contributed by atoms with Gasteiger partial charge in [0, 0.05) is 24.8 Å². The third-order valence-electron chi connectivity index (χ3n) is 3.72. The minimum atomic E-state index is 0.736. The van der Waals surface area contributed by atoms with Crippen molar-refractivity contribution >= 4 is 5.69 Å². The van der Waals surface area contributed by atoms with Crippen LogP contribution in [0.25, 0.3) is 0 Å². The first-order chi connectivity index (χ1) is 9.33. The van der Waals surface area contributed by atoms with Gasteiger partial charge >= 0.3 is 0 Å². The quantitative estimate of drug-likeness (QED) is 0.826. The van der Waals surface area contributed by atoms with Crippen LogP contribution in [-0.4, -0.2) is 10.9 Å². The molecule has 0 aromatic heterocycles. The van der Waals surface area contributed by atoms with Crippen molar-refractivity contribution in [2.24, 2.45) is 0 Å². The van der Waals surface area contributed by atoms with Crippen LogP contribution in [0.5, 0.6) is 0 Å². The molecule has 0 radical (unpaired) electrons. The number of benzene rings is 2. The van der Waals surface area contributed by atoms with Crippen molar-refractivity contribution in [2.75, 3.05) is 5.73 Å². The van der Waals surface area contributed by atoms with E-state index >= 15 is 0 Å². The van der Waals surface area contributed by atoms with Crippen LogP contribution in [0.15, 0.2) is 54.6 Å². The molecular weight excluding hydrogens is 232 g/mol.